The van der Waals surface area contributed by atoms with Crippen molar-refractivity contribution >= 4 is 5.91 Å². The van der Waals surface area contributed by atoms with Gasteiger partial charge in [-0.3, -0.25) is 4.79 Å². The van der Waals surface area contributed by atoms with Gasteiger partial charge in [-0.2, -0.15) is 0 Å². The van der Waals surface area contributed by atoms with E-state index >= 15 is 0 Å². The fourth-order valence-electron chi connectivity index (χ4n) is 3.43. The maximum Gasteiger partial charge on any atom is 0.223 e. The van der Waals surface area contributed by atoms with Gasteiger partial charge in [-0.05, 0) is 43.9 Å². The van der Waals surface area contributed by atoms with E-state index in [1.54, 1.807) is 0 Å². The van der Waals surface area contributed by atoms with Gasteiger partial charge in [0.25, 0.3) is 0 Å². The zero-order valence-electron chi connectivity index (χ0n) is 11.8. The van der Waals surface area contributed by atoms with Crippen LogP contribution < -0.4 is 11.1 Å². The minimum absolute atomic E-state index is 0.158. The summed E-state index contributed by atoms with van der Waals surface area (Å²) in [4.78, 5) is 12.3. The monoisotopic (exact) mass is 252 g/mol. The molecule has 5 unspecified atom stereocenters. The number of nitrogens with one attached hydrogen (secondary N) is 1. The third-order valence-electron chi connectivity index (χ3n) is 5.07. The number of carbonyl (C=O) groups is 1. The number of amides is 1. The molecule has 0 heterocycles. The predicted molar refractivity (Wildman–Crippen MR) is 74.0 cm³/mol. The summed E-state index contributed by atoms with van der Waals surface area (Å²) < 4.78 is 0. The first-order valence-electron chi connectivity index (χ1n) is 7.64. The molecule has 18 heavy (non-hydrogen) atoms. The molecule has 0 aromatic heterocycles. The van der Waals surface area contributed by atoms with E-state index in [9.17, 15) is 4.79 Å². The molecule has 0 saturated heterocycles. The van der Waals surface area contributed by atoms with Gasteiger partial charge in [0, 0.05) is 18.0 Å². The summed E-state index contributed by atoms with van der Waals surface area (Å²) in [6.07, 6.45) is 7.97. The number of hydrogen-bond acceptors (Lipinski definition) is 2. The first kappa shape index (κ1) is 13.9. The first-order chi connectivity index (χ1) is 8.58. The van der Waals surface area contributed by atoms with E-state index in [1.165, 1.54) is 19.3 Å². The van der Waals surface area contributed by atoms with Crippen LogP contribution in [0.1, 0.15) is 58.8 Å². The van der Waals surface area contributed by atoms with Gasteiger partial charge in [-0.15, -0.1) is 0 Å². The molecule has 5 atom stereocenters. The van der Waals surface area contributed by atoms with Crippen LogP contribution >= 0.6 is 0 Å². The van der Waals surface area contributed by atoms with Crippen LogP contribution in [0.2, 0.25) is 0 Å². The third kappa shape index (κ3) is 3.25. The molecular weight excluding hydrogens is 224 g/mol. The SMILES string of the molecule is CC1CCC(C(=O)NC2CCCCC2C)CC1N. The number of carbonyl (C=O) groups excluding carboxylic acids is 1. The highest BCUT2D eigenvalue weighted by Crippen LogP contribution is 2.29. The van der Waals surface area contributed by atoms with Crippen molar-refractivity contribution in [1.29, 1.82) is 0 Å². The predicted octanol–water partition coefficient (Wildman–Crippen LogP) is 2.44. The quantitative estimate of drug-likeness (QED) is 0.793. The largest absolute Gasteiger partial charge is 0.353 e. The summed E-state index contributed by atoms with van der Waals surface area (Å²) in [7, 11) is 0. The van der Waals surface area contributed by atoms with Gasteiger partial charge in [-0.1, -0.05) is 26.7 Å². The van der Waals surface area contributed by atoms with Gasteiger partial charge in [0.15, 0.2) is 0 Å². The molecule has 0 radical (unpaired) electrons. The molecule has 2 fully saturated rings. The van der Waals surface area contributed by atoms with Crippen LogP contribution in [0.4, 0.5) is 0 Å². The molecule has 104 valence electrons. The second-order valence-corrected chi connectivity index (χ2v) is 6.53. The number of nitrogens with two attached hydrogens (primary N) is 1. The van der Waals surface area contributed by atoms with Gasteiger partial charge in [-0.25, -0.2) is 0 Å². The Morgan fingerprint density at radius 2 is 1.78 bits per heavy atom. The lowest BCUT2D eigenvalue weighted by molar-refractivity contribution is -0.127. The van der Waals surface area contributed by atoms with E-state index in [1.807, 2.05) is 0 Å². The summed E-state index contributed by atoms with van der Waals surface area (Å²) in [6.45, 7) is 4.46. The molecule has 1 amide bonds. The van der Waals surface area contributed by atoms with Crippen LogP contribution in [0.25, 0.3) is 0 Å². The van der Waals surface area contributed by atoms with E-state index in [2.05, 4.69) is 19.2 Å². The summed E-state index contributed by atoms with van der Waals surface area (Å²) in [6, 6.07) is 0.611. The van der Waals surface area contributed by atoms with Gasteiger partial charge in [0.05, 0.1) is 0 Å². The van der Waals surface area contributed by atoms with Crippen molar-refractivity contribution in [3.63, 3.8) is 0 Å². The van der Waals surface area contributed by atoms with Crippen molar-refractivity contribution in [2.24, 2.45) is 23.5 Å². The van der Waals surface area contributed by atoms with Crippen LogP contribution in [-0.2, 0) is 4.79 Å². The number of rotatable bonds is 2. The van der Waals surface area contributed by atoms with E-state index in [0.717, 1.165) is 25.7 Å². The van der Waals surface area contributed by atoms with Crippen LogP contribution in [0.15, 0.2) is 0 Å². The lowest BCUT2D eigenvalue weighted by Gasteiger charge is -2.34. The summed E-state index contributed by atoms with van der Waals surface area (Å²) in [5.74, 6) is 1.63. The Labute approximate surface area is 111 Å². The Morgan fingerprint density at radius 3 is 2.44 bits per heavy atom. The molecule has 3 nitrogen and oxygen atoms in total. The minimum atomic E-state index is 0.158. The van der Waals surface area contributed by atoms with Crippen LogP contribution in [0, 0.1) is 17.8 Å². The second-order valence-electron chi connectivity index (χ2n) is 6.53. The van der Waals surface area contributed by atoms with E-state index < -0.39 is 0 Å². The Morgan fingerprint density at radius 1 is 1.06 bits per heavy atom. The molecule has 3 N–H and O–H groups in total. The smallest absolute Gasteiger partial charge is 0.223 e. The zero-order valence-corrected chi connectivity index (χ0v) is 11.8. The fourth-order valence-corrected chi connectivity index (χ4v) is 3.43. The minimum Gasteiger partial charge on any atom is -0.353 e. The normalized spacial score (nSPS) is 41.4. The second kappa shape index (κ2) is 6.05. The summed E-state index contributed by atoms with van der Waals surface area (Å²) in [5.41, 5.74) is 6.09. The fraction of sp³-hybridized carbons (Fsp3) is 0.933. The molecule has 0 bridgehead atoms. The molecule has 0 spiro atoms. The summed E-state index contributed by atoms with van der Waals surface area (Å²) >= 11 is 0. The molecule has 2 rings (SSSR count). The van der Waals surface area contributed by atoms with Gasteiger partial charge in [0.1, 0.15) is 0 Å². The first-order valence-corrected chi connectivity index (χ1v) is 7.64. The maximum absolute atomic E-state index is 12.3. The van der Waals surface area contributed by atoms with Crippen molar-refractivity contribution < 1.29 is 4.79 Å². The Kier molecular flexibility index (Phi) is 4.66. The van der Waals surface area contributed by atoms with E-state index in [4.69, 9.17) is 5.73 Å². The van der Waals surface area contributed by atoms with Gasteiger partial charge < -0.3 is 11.1 Å². The highest BCUT2D eigenvalue weighted by atomic mass is 16.1. The summed E-state index contributed by atoms with van der Waals surface area (Å²) in [5, 5.41) is 3.28. The standard InChI is InChI=1S/C15H28N2O/c1-10-7-8-12(9-13(10)16)15(18)17-14-6-4-3-5-11(14)2/h10-14H,3-9,16H2,1-2H3,(H,17,18). The van der Waals surface area contributed by atoms with E-state index in [-0.39, 0.29) is 17.9 Å². The van der Waals surface area contributed by atoms with Gasteiger partial charge >= 0.3 is 0 Å². The maximum atomic E-state index is 12.3. The molecule has 2 aliphatic rings. The molecule has 3 heteroatoms. The third-order valence-corrected chi connectivity index (χ3v) is 5.07. The van der Waals surface area contributed by atoms with Crippen molar-refractivity contribution in [3.05, 3.63) is 0 Å². The van der Waals surface area contributed by atoms with Crippen molar-refractivity contribution in [2.45, 2.75) is 70.9 Å². The highest BCUT2D eigenvalue weighted by Gasteiger charge is 2.31. The van der Waals surface area contributed by atoms with Crippen LogP contribution in [-0.4, -0.2) is 18.0 Å². The topological polar surface area (TPSA) is 55.1 Å². The van der Waals surface area contributed by atoms with Crippen molar-refractivity contribution in [1.82, 2.24) is 5.32 Å². The lowest BCUT2D eigenvalue weighted by Crippen LogP contribution is -2.47. The molecule has 2 aliphatic carbocycles. The van der Waals surface area contributed by atoms with Crippen molar-refractivity contribution in [2.75, 3.05) is 0 Å². The Balaban J connectivity index is 1.84. The highest BCUT2D eigenvalue weighted by molar-refractivity contribution is 5.79. The molecule has 0 aromatic rings. The molecular formula is C15H28N2O. The molecule has 0 aromatic carbocycles. The van der Waals surface area contributed by atoms with Crippen LogP contribution in [0.5, 0.6) is 0 Å². The average Bonchev–Trinajstić information content (AvgIpc) is 2.35. The Hall–Kier alpha value is -0.570. The Bertz CT molecular complexity index is 292. The number of hydrogen-bond donors (Lipinski definition) is 2. The average molecular weight is 252 g/mol. The van der Waals surface area contributed by atoms with Gasteiger partial charge in [0.2, 0.25) is 5.91 Å². The molecule has 0 aliphatic heterocycles. The zero-order chi connectivity index (χ0) is 13.1. The molecule has 2 saturated carbocycles. The van der Waals surface area contributed by atoms with E-state index in [0.29, 0.717) is 17.9 Å². The van der Waals surface area contributed by atoms with Crippen LogP contribution in [0.3, 0.4) is 0 Å². The lowest BCUT2D eigenvalue weighted by atomic mass is 9.78. The van der Waals surface area contributed by atoms with Crippen molar-refractivity contribution in [3.8, 4) is 0 Å².